The lowest BCUT2D eigenvalue weighted by atomic mass is 9.93. The lowest BCUT2D eigenvalue weighted by Crippen LogP contribution is -2.38. The summed E-state index contributed by atoms with van der Waals surface area (Å²) in [5.74, 6) is 0.0261. The number of rotatable bonds is 6. The number of hydrogen-bond acceptors (Lipinski definition) is 5. The Hall–Kier alpha value is -1.66. The third-order valence-electron chi connectivity index (χ3n) is 4.09. The van der Waals surface area contributed by atoms with Crippen LogP contribution in [0.1, 0.15) is 43.4 Å². The fraction of sp³-hybridized carbons (Fsp3) is 0.600. The Morgan fingerprint density at radius 3 is 2.81 bits per heavy atom. The van der Waals surface area contributed by atoms with Crippen molar-refractivity contribution in [3.63, 3.8) is 0 Å². The first-order valence-corrected chi connectivity index (χ1v) is 7.53. The predicted octanol–water partition coefficient (Wildman–Crippen LogP) is 1.30. The minimum Gasteiger partial charge on any atom is -0.409 e. The monoisotopic (exact) mass is 292 g/mol. The van der Waals surface area contributed by atoms with E-state index in [1.54, 1.807) is 6.20 Å². The Morgan fingerprint density at radius 2 is 2.14 bits per heavy atom. The molecule has 0 atom stereocenters. The van der Waals surface area contributed by atoms with Crippen LogP contribution in [0, 0.1) is 0 Å². The smallest absolute Gasteiger partial charge is 0.189 e. The van der Waals surface area contributed by atoms with Gasteiger partial charge >= 0.3 is 0 Å². The van der Waals surface area contributed by atoms with Crippen LogP contribution in [-0.2, 0) is 6.54 Å². The number of aromatic nitrogens is 1. The number of oxime groups is 1. The lowest BCUT2D eigenvalue weighted by molar-refractivity contribution is 0.117. The second kappa shape index (κ2) is 7.95. The van der Waals surface area contributed by atoms with Crippen molar-refractivity contribution in [3.8, 4) is 0 Å². The van der Waals surface area contributed by atoms with E-state index in [0.717, 1.165) is 5.56 Å². The number of nitrogens with zero attached hydrogens (tertiary/aromatic N) is 3. The van der Waals surface area contributed by atoms with Crippen molar-refractivity contribution in [2.75, 3.05) is 13.2 Å². The maximum absolute atomic E-state index is 9.32. The number of hydrogen-bond donors (Lipinski definition) is 3. The fourth-order valence-corrected chi connectivity index (χ4v) is 3.03. The van der Waals surface area contributed by atoms with Crippen molar-refractivity contribution in [1.82, 2.24) is 9.88 Å². The minimum absolute atomic E-state index is 0.0261. The highest BCUT2D eigenvalue weighted by molar-refractivity contribution is 5.96. The van der Waals surface area contributed by atoms with E-state index in [1.807, 2.05) is 12.1 Å². The van der Waals surface area contributed by atoms with Gasteiger partial charge < -0.3 is 16.0 Å². The third kappa shape index (κ3) is 4.15. The first kappa shape index (κ1) is 15.7. The van der Waals surface area contributed by atoms with E-state index in [2.05, 4.69) is 15.0 Å². The Kier molecular flexibility index (Phi) is 5.95. The minimum atomic E-state index is 0.0261. The molecule has 0 aromatic carbocycles. The lowest BCUT2D eigenvalue weighted by Gasteiger charge is -2.34. The molecule has 0 aliphatic heterocycles. The van der Waals surface area contributed by atoms with Crippen molar-refractivity contribution in [3.05, 3.63) is 29.6 Å². The Labute approximate surface area is 125 Å². The van der Waals surface area contributed by atoms with Crippen molar-refractivity contribution in [1.29, 1.82) is 0 Å². The van der Waals surface area contributed by atoms with Crippen LogP contribution < -0.4 is 5.73 Å². The van der Waals surface area contributed by atoms with E-state index in [9.17, 15) is 5.11 Å². The van der Waals surface area contributed by atoms with Crippen LogP contribution in [0.4, 0.5) is 0 Å². The number of nitrogens with two attached hydrogens (primary N) is 1. The van der Waals surface area contributed by atoms with Gasteiger partial charge in [-0.1, -0.05) is 30.5 Å². The molecule has 1 aromatic rings. The number of amidine groups is 1. The molecule has 0 saturated heterocycles. The Bertz CT molecular complexity index is 472. The molecule has 1 saturated carbocycles. The summed E-state index contributed by atoms with van der Waals surface area (Å²) in [7, 11) is 0. The standard InChI is InChI=1S/C15H24N4O2/c16-15(18-21)14-12(5-4-8-17-14)11-19(9-10-20)13-6-2-1-3-7-13/h4-5,8,13,20-21H,1-3,6-7,9-11H2,(H2,16,18). The fourth-order valence-electron chi connectivity index (χ4n) is 3.03. The average Bonchev–Trinajstić information content (AvgIpc) is 2.55. The highest BCUT2D eigenvalue weighted by Gasteiger charge is 2.22. The molecule has 4 N–H and O–H groups in total. The molecule has 116 valence electrons. The largest absolute Gasteiger partial charge is 0.409 e. The molecular formula is C15H24N4O2. The van der Waals surface area contributed by atoms with Gasteiger partial charge in [-0.2, -0.15) is 0 Å². The summed E-state index contributed by atoms with van der Waals surface area (Å²) in [6, 6.07) is 4.28. The Morgan fingerprint density at radius 1 is 1.38 bits per heavy atom. The highest BCUT2D eigenvalue weighted by atomic mass is 16.4. The van der Waals surface area contributed by atoms with Crippen molar-refractivity contribution in [2.45, 2.75) is 44.7 Å². The molecule has 1 fully saturated rings. The molecule has 6 nitrogen and oxygen atoms in total. The number of aliphatic hydroxyl groups excluding tert-OH is 1. The van der Waals surface area contributed by atoms with Gasteiger partial charge in [0.2, 0.25) is 0 Å². The zero-order valence-electron chi connectivity index (χ0n) is 12.3. The van der Waals surface area contributed by atoms with Gasteiger partial charge in [0.05, 0.1) is 6.61 Å². The van der Waals surface area contributed by atoms with Gasteiger partial charge in [0.1, 0.15) is 5.69 Å². The van der Waals surface area contributed by atoms with Crippen molar-refractivity contribution in [2.24, 2.45) is 10.9 Å². The zero-order chi connectivity index (χ0) is 15.1. The molecule has 6 heteroatoms. The third-order valence-corrected chi connectivity index (χ3v) is 4.09. The van der Waals surface area contributed by atoms with E-state index in [0.29, 0.717) is 24.8 Å². The summed E-state index contributed by atoms with van der Waals surface area (Å²) in [5, 5.41) is 21.2. The van der Waals surface area contributed by atoms with Crippen LogP contribution in [0.2, 0.25) is 0 Å². The van der Waals surface area contributed by atoms with E-state index in [1.165, 1.54) is 32.1 Å². The van der Waals surface area contributed by atoms with Crippen LogP contribution in [0.5, 0.6) is 0 Å². The number of aliphatic hydroxyl groups is 1. The van der Waals surface area contributed by atoms with Gasteiger partial charge in [-0.15, -0.1) is 0 Å². The summed E-state index contributed by atoms with van der Waals surface area (Å²) < 4.78 is 0. The van der Waals surface area contributed by atoms with E-state index in [4.69, 9.17) is 10.9 Å². The molecule has 1 aliphatic carbocycles. The molecule has 0 amide bonds. The molecule has 0 spiro atoms. The van der Waals surface area contributed by atoms with Gasteiger partial charge in [-0.3, -0.25) is 9.88 Å². The first-order chi connectivity index (χ1) is 10.3. The Balaban J connectivity index is 2.16. The molecule has 21 heavy (non-hydrogen) atoms. The van der Waals surface area contributed by atoms with E-state index < -0.39 is 0 Å². The summed E-state index contributed by atoms with van der Waals surface area (Å²) in [6.07, 6.45) is 7.75. The maximum Gasteiger partial charge on any atom is 0.189 e. The van der Waals surface area contributed by atoms with Gasteiger partial charge in [-0.05, 0) is 24.5 Å². The van der Waals surface area contributed by atoms with Crippen LogP contribution in [0.25, 0.3) is 0 Å². The van der Waals surface area contributed by atoms with E-state index in [-0.39, 0.29) is 12.4 Å². The second-order valence-corrected chi connectivity index (χ2v) is 5.48. The van der Waals surface area contributed by atoms with Gasteiger partial charge in [0, 0.05) is 25.3 Å². The molecule has 0 radical (unpaired) electrons. The quantitative estimate of drug-likeness (QED) is 0.318. The zero-order valence-corrected chi connectivity index (χ0v) is 12.3. The molecule has 1 heterocycles. The molecule has 1 aliphatic rings. The molecule has 0 bridgehead atoms. The van der Waals surface area contributed by atoms with Crippen molar-refractivity contribution < 1.29 is 10.3 Å². The average molecular weight is 292 g/mol. The van der Waals surface area contributed by atoms with Gasteiger partial charge in [-0.25, -0.2) is 0 Å². The van der Waals surface area contributed by atoms with Crippen LogP contribution in [-0.4, -0.2) is 45.2 Å². The maximum atomic E-state index is 9.32. The first-order valence-electron chi connectivity index (χ1n) is 7.53. The van der Waals surface area contributed by atoms with Gasteiger partial charge in [0.25, 0.3) is 0 Å². The van der Waals surface area contributed by atoms with E-state index >= 15 is 0 Å². The second-order valence-electron chi connectivity index (χ2n) is 5.48. The SMILES string of the molecule is NC(=NO)c1ncccc1CN(CCO)C1CCCCC1. The van der Waals surface area contributed by atoms with Crippen molar-refractivity contribution >= 4 is 5.84 Å². The summed E-state index contributed by atoms with van der Waals surface area (Å²) in [6.45, 7) is 1.43. The van der Waals surface area contributed by atoms with Crippen LogP contribution in [0.3, 0.4) is 0 Å². The van der Waals surface area contributed by atoms with Crippen LogP contribution >= 0.6 is 0 Å². The molecule has 0 unspecified atom stereocenters. The molecule has 2 rings (SSSR count). The highest BCUT2D eigenvalue weighted by Crippen LogP contribution is 2.24. The number of pyridine rings is 1. The summed E-state index contributed by atoms with van der Waals surface area (Å²) in [5.41, 5.74) is 7.13. The predicted molar refractivity (Wildman–Crippen MR) is 81.1 cm³/mol. The summed E-state index contributed by atoms with van der Waals surface area (Å²) >= 11 is 0. The topological polar surface area (TPSA) is 95.0 Å². The summed E-state index contributed by atoms with van der Waals surface area (Å²) in [4.78, 5) is 6.48. The molecular weight excluding hydrogens is 268 g/mol. The van der Waals surface area contributed by atoms with Gasteiger partial charge in [0.15, 0.2) is 5.84 Å². The van der Waals surface area contributed by atoms with Crippen LogP contribution in [0.15, 0.2) is 23.5 Å². The molecule has 1 aromatic heterocycles. The normalized spacial score (nSPS) is 17.3.